The second kappa shape index (κ2) is 8.81. The van der Waals surface area contributed by atoms with Gasteiger partial charge < -0.3 is 10.1 Å². The molecule has 2 atom stereocenters. The molecule has 1 amide bonds. The Balaban J connectivity index is 1.74. The summed E-state index contributed by atoms with van der Waals surface area (Å²) in [5.41, 5.74) is 4.02. The second-order valence-corrected chi connectivity index (χ2v) is 9.77. The van der Waals surface area contributed by atoms with Crippen molar-refractivity contribution in [1.29, 1.82) is 0 Å². The molecule has 0 aliphatic heterocycles. The van der Waals surface area contributed by atoms with Gasteiger partial charge in [0.2, 0.25) is 0 Å². The third kappa shape index (κ3) is 5.04. The minimum Gasteiger partial charge on any atom is -0.456 e. The van der Waals surface area contributed by atoms with Gasteiger partial charge in [-0.2, -0.15) is 0 Å². The standard InChI is InChI=1S/C25H30ClNO3/c1-15(2)22(27-23(28)17-7-11-19(26)12-8-17)24(29)30-21-13-9-16-6-10-18(14-20(16)21)25(3,4)5/h6-8,10-12,14-15,21-22H,9,13H2,1-5H3,(H,27,28). The molecule has 30 heavy (non-hydrogen) atoms. The first-order chi connectivity index (χ1) is 14.1. The lowest BCUT2D eigenvalue weighted by Gasteiger charge is -2.24. The van der Waals surface area contributed by atoms with Gasteiger partial charge in [-0.1, -0.05) is 64.4 Å². The van der Waals surface area contributed by atoms with Crippen LogP contribution in [-0.4, -0.2) is 17.9 Å². The molecule has 5 heteroatoms. The largest absolute Gasteiger partial charge is 0.456 e. The van der Waals surface area contributed by atoms with E-state index in [1.807, 2.05) is 13.8 Å². The number of carbonyl (C=O) groups excluding carboxylic acids is 2. The summed E-state index contributed by atoms with van der Waals surface area (Å²) in [6.07, 6.45) is 1.38. The van der Waals surface area contributed by atoms with Gasteiger partial charge in [0.25, 0.3) is 5.91 Å². The van der Waals surface area contributed by atoms with Gasteiger partial charge in [-0.3, -0.25) is 4.79 Å². The highest BCUT2D eigenvalue weighted by Crippen LogP contribution is 2.37. The Morgan fingerprint density at radius 1 is 1.10 bits per heavy atom. The van der Waals surface area contributed by atoms with E-state index >= 15 is 0 Å². The average molecular weight is 428 g/mol. The molecule has 2 aromatic carbocycles. The van der Waals surface area contributed by atoms with Gasteiger partial charge in [-0.15, -0.1) is 0 Å². The zero-order valence-corrected chi connectivity index (χ0v) is 19.0. The topological polar surface area (TPSA) is 55.4 Å². The molecule has 2 unspecified atom stereocenters. The Morgan fingerprint density at radius 3 is 2.37 bits per heavy atom. The average Bonchev–Trinajstić information content (AvgIpc) is 3.07. The van der Waals surface area contributed by atoms with Crippen LogP contribution in [-0.2, 0) is 21.4 Å². The number of rotatable bonds is 5. The fraction of sp³-hybridized carbons (Fsp3) is 0.440. The van der Waals surface area contributed by atoms with Crippen molar-refractivity contribution >= 4 is 23.5 Å². The van der Waals surface area contributed by atoms with E-state index in [1.165, 1.54) is 11.1 Å². The van der Waals surface area contributed by atoms with Gasteiger partial charge in [-0.05, 0) is 65.1 Å². The maximum absolute atomic E-state index is 13.0. The molecule has 2 aromatic rings. The van der Waals surface area contributed by atoms with Crippen LogP contribution >= 0.6 is 11.6 Å². The summed E-state index contributed by atoms with van der Waals surface area (Å²) < 4.78 is 5.91. The normalized spacial score (nSPS) is 16.8. The van der Waals surface area contributed by atoms with Crippen molar-refractivity contribution in [3.05, 3.63) is 69.7 Å². The Morgan fingerprint density at radius 2 is 1.77 bits per heavy atom. The quantitative estimate of drug-likeness (QED) is 0.630. The first-order valence-corrected chi connectivity index (χ1v) is 10.8. The van der Waals surface area contributed by atoms with Crippen molar-refractivity contribution in [3.8, 4) is 0 Å². The summed E-state index contributed by atoms with van der Waals surface area (Å²) in [4.78, 5) is 25.6. The molecular weight excluding hydrogens is 398 g/mol. The van der Waals surface area contributed by atoms with Crippen molar-refractivity contribution in [1.82, 2.24) is 5.32 Å². The number of ether oxygens (including phenoxy) is 1. The molecule has 0 fully saturated rings. The van der Waals surface area contributed by atoms with Crippen molar-refractivity contribution < 1.29 is 14.3 Å². The molecule has 0 aromatic heterocycles. The van der Waals surface area contributed by atoms with Crippen LogP contribution in [0.25, 0.3) is 0 Å². The Bertz CT molecular complexity index is 928. The van der Waals surface area contributed by atoms with E-state index in [0.29, 0.717) is 10.6 Å². The molecule has 0 saturated heterocycles. The van der Waals surface area contributed by atoms with E-state index in [4.69, 9.17) is 16.3 Å². The van der Waals surface area contributed by atoms with Crippen molar-refractivity contribution in [2.24, 2.45) is 5.92 Å². The zero-order valence-electron chi connectivity index (χ0n) is 18.3. The highest BCUT2D eigenvalue weighted by Gasteiger charge is 2.32. The van der Waals surface area contributed by atoms with Crippen LogP contribution in [0.4, 0.5) is 0 Å². The summed E-state index contributed by atoms with van der Waals surface area (Å²) in [5, 5.41) is 3.39. The van der Waals surface area contributed by atoms with Gasteiger partial charge in [-0.25, -0.2) is 4.79 Å². The Labute approximate surface area is 184 Å². The number of halogens is 1. The predicted octanol–water partition coefficient (Wildman–Crippen LogP) is 5.62. The Kier molecular flexibility index (Phi) is 6.56. The van der Waals surface area contributed by atoms with Gasteiger partial charge >= 0.3 is 5.97 Å². The molecule has 160 valence electrons. The Hall–Kier alpha value is -2.33. The minimum atomic E-state index is -0.719. The molecule has 1 N–H and O–H groups in total. The van der Waals surface area contributed by atoms with E-state index in [2.05, 4.69) is 44.3 Å². The molecule has 3 rings (SSSR count). The highest BCUT2D eigenvalue weighted by molar-refractivity contribution is 6.30. The van der Waals surface area contributed by atoms with Crippen LogP contribution in [0.1, 0.15) is 74.2 Å². The lowest BCUT2D eigenvalue weighted by atomic mass is 9.85. The number of fused-ring (bicyclic) bond motifs is 1. The molecule has 0 bridgehead atoms. The molecule has 0 heterocycles. The summed E-state index contributed by atoms with van der Waals surface area (Å²) in [6.45, 7) is 10.3. The van der Waals surface area contributed by atoms with Gasteiger partial charge in [0.05, 0.1) is 0 Å². The zero-order chi connectivity index (χ0) is 22.1. The van der Waals surface area contributed by atoms with E-state index < -0.39 is 12.0 Å². The smallest absolute Gasteiger partial charge is 0.329 e. The predicted molar refractivity (Wildman–Crippen MR) is 120 cm³/mol. The molecular formula is C25H30ClNO3. The third-order valence-corrected chi connectivity index (χ3v) is 5.86. The van der Waals surface area contributed by atoms with E-state index in [9.17, 15) is 9.59 Å². The van der Waals surface area contributed by atoms with Crippen LogP contribution in [0.15, 0.2) is 42.5 Å². The minimum absolute atomic E-state index is 0.0270. The monoisotopic (exact) mass is 427 g/mol. The number of aryl methyl sites for hydroxylation is 1. The summed E-state index contributed by atoms with van der Waals surface area (Å²) in [7, 11) is 0. The van der Waals surface area contributed by atoms with Gasteiger partial charge in [0.1, 0.15) is 12.1 Å². The van der Waals surface area contributed by atoms with Crippen LogP contribution in [0.2, 0.25) is 5.02 Å². The van der Waals surface area contributed by atoms with Gasteiger partial charge in [0, 0.05) is 10.6 Å². The number of carbonyl (C=O) groups is 2. The molecule has 4 nitrogen and oxygen atoms in total. The maximum atomic E-state index is 13.0. The number of amides is 1. The number of esters is 1. The lowest BCUT2D eigenvalue weighted by molar-refractivity contribution is -0.153. The molecule has 0 spiro atoms. The van der Waals surface area contributed by atoms with Crippen molar-refractivity contribution in [2.75, 3.05) is 0 Å². The lowest BCUT2D eigenvalue weighted by Crippen LogP contribution is -2.45. The summed E-state index contributed by atoms with van der Waals surface area (Å²) >= 11 is 5.89. The number of nitrogens with one attached hydrogen (secondary N) is 1. The van der Waals surface area contributed by atoms with E-state index in [1.54, 1.807) is 24.3 Å². The number of hydrogen-bond acceptors (Lipinski definition) is 3. The van der Waals surface area contributed by atoms with Crippen molar-refractivity contribution in [2.45, 2.75) is 65.0 Å². The van der Waals surface area contributed by atoms with E-state index in [-0.39, 0.29) is 23.3 Å². The van der Waals surface area contributed by atoms with Crippen LogP contribution in [0.3, 0.4) is 0 Å². The van der Waals surface area contributed by atoms with Gasteiger partial charge in [0.15, 0.2) is 0 Å². The summed E-state index contributed by atoms with van der Waals surface area (Å²) in [5.74, 6) is -0.814. The first kappa shape index (κ1) is 22.4. The SMILES string of the molecule is CC(C)C(NC(=O)c1ccc(Cl)cc1)C(=O)OC1CCc2ccc(C(C)(C)C)cc21. The number of benzene rings is 2. The van der Waals surface area contributed by atoms with Crippen LogP contribution in [0.5, 0.6) is 0 Å². The third-order valence-electron chi connectivity index (χ3n) is 5.61. The first-order valence-electron chi connectivity index (χ1n) is 10.5. The van der Waals surface area contributed by atoms with Crippen molar-refractivity contribution in [3.63, 3.8) is 0 Å². The molecule has 1 aliphatic carbocycles. The molecule has 1 aliphatic rings. The molecule has 0 radical (unpaired) electrons. The summed E-state index contributed by atoms with van der Waals surface area (Å²) in [6, 6.07) is 12.3. The highest BCUT2D eigenvalue weighted by atomic mass is 35.5. The fourth-order valence-corrected chi connectivity index (χ4v) is 3.82. The van der Waals surface area contributed by atoms with Crippen LogP contribution < -0.4 is 5.32 Å². The molecule has 0 saturated carbocycles. The van der Waals surface area contributed by atoms with E-state index in [0.717, 1.165) is 18.4 Å². The van der Waals surface area contributed by atoms with Crippen LogP contribution in [0, 0.1) is 5.92 Å². The maximum Gasteiger partial charge on any atom is 0.329 e. The number of hydrogen-bond donors (Lipinski definition) is 1. The second-order valence-electron chi connectivity index (χ2n) is 9.33. The fourth-order valence-electron chi connectivity index (χ4n) is 3.69.